The minimum absolute atomic E-state index is 0.148. The van der Waals surface area contributed by atoms with Crippen LogP contribution in [0, 0.1) is 0 Å². The van der Waals surface area contributed by atoms with Crippen molar-refractivity contribution >= 4 is 32.1 Å². The van der Waals surface area contributed by atoms with Crippen LogP contribution in [0.4, 0.5) is 0 Å². The molecule has 3 heteroatoms. The fourth-order valence-corrected chi connectivity index (χ4v) is 2.11. The first-order valence-electron chi connectivity index (χ1n) is 5.99. The maximum atomic E-state index is 11.3. The highest BCUT2D eigenvalue weighted by atomic mass is 127. The van der Waals surface area contributed by atoms with Gasteiger partial charge in [0.25, 0.3) is 0 Å². The van der Waals surface area contributed by atoms with Gasteiger partial charge in [-0.25, -0.2) is 4.79 Å². The molecular weight excluding hydrogens is 339 g/mol. The van der Waals surface area contributed by atoms with Crippen molar-refractivity contribution in [2.24, 2.45) is 0 Å². The minimum Gasteiger partial charge on any atom is -0.463 e. The van der Waals surface area contributed by atoms with Crippen LogP contribution in [0.15, 0.2) is 30.3 Å². The van der Waals surface area contributed by atoms with E-state index in [2.05, 4.69) is 55.5 Å². The average Bonchev–Trinajstić information content (AvgIpc) is 2.28. The van der Waals surface area contributed by atoms with Crippen LogP contribution in [-0.4, -0.2) is 12.6 Å². The van der Waals surface area contributed by atoms with E-state index in [9.17, 15) is 4.79 Å². The maximum absolute atomic E-state index is 11.3. The fourth-order valence-electron chi connectivity index (χ4n) is 1.50. The monoisotopic (exact) mass is 358 g/mol. The van der Waals surface area contributed by atoms with Crippen molar-refractivity contribution in [1.82, 2.24) is 0 Å². The van der Waals surface area contributed by atoms with Gasteiger partial charge in [-0.3, -0.25) is 0 Å². The molecule has 2 nitrogen and oxygen atoms in total. The highest BCUT2D eigenvalue weighted by Gasteiger charge is 2.13. The summed E-state index contributed by atoms with van der Waals surface area (Å²) in [6.07, 6.45) is 1.52. The first-order chi connectivity index (χ1) is 8.34. The summed E-state index contributed by atoms with van der Waals surface area (Å²) < 4.78 is 5.79. The Morgan fingerprint density at radius 1 is 1.28 bits per heavy atom. The Balaban J connectivity index is 2.89. The number of hydrogen-bond donors (Lipinski definition) is 0. The molecular formula is C15H19IO2. The summed E-state index contributed by atoms with van der Waals surface area (Å²) in [7, 11) is 0. The SMILES string of the molecule is CCOC(=O)C=C(I)c1ccc(C(C)(C)C)cc1. The standard InChI is InChI=1S/C15H19IO2/c1-5-18-14(17)10-13(16)11-6-8-12(9-7-11)15(2,3)4/h6-10H,5H2,1-4H3. The molecule has 0 bridgehead atoms. The van der Waals surface area contributed by atoms with Gasteiger partial charge in [0, 0.05) is 9.66 Å². The van der Waals surface area contributed by atoms with Gasteiger partial charge in [-0.2, -0.15) is 0 Å². The second-order valence-electron chi connectivity index (χ2n) is 5.07. The Morgan fingerprint density at radius 2 is 1.83 bits per heavy atom. The number of carbonyl (C=O) groups excluding carboxylic acids is 1. The molecule has 0 aliphatic carbocycles. The van der Waals surface area contributed by atoms with Crippen LogP contribution in [0.2, 0.25) is 0 Å². The van der Waals surface area contributed by atoms with Gasteiger partial charge in [0.1, 0.15) is 0 Å². The predicted octanol–water partition coefficient (Wildman–Crippen LogP) is 4.32. The van der Waals surface area contributed by atoms with Crippen molar-refractivity contribution in [3.05, 3.63) is 41.5 Å². The van der Waals surface area contributed by atoms with Gasteiger partial charge in [-0.15, -0.1) is 0 Å². The van der Waals surface area contributed by atoms with Crippen LogP contribution in [-0.2, 0) is 14.9 Å². The van der Waals surface area contributed by atoms with Crippen molar-refractivity contribution in [1.29, 1.82) is 0 Å². The van der Waals surface area contributed by atoms with Crippen LogP contribution >= 0.6 is 22.6 Å². The zero-order chi connectivity index (χ0) is 13.8. The van der Waals surface area contributed by atoms with E-state index in [1.807, 2.05) is 12.1 Å². The molecule has 1 aromatic carbocycles. The Morgan fingerprint density at radius 3 is 2.28 bits per heavy atom. The summed E-state index contributed by atoms with van der Waals surface area (Å²) >= 11 is 2.16. The van der Waals surface area contributed by atoms with Crippen molar-refractivity contribution in [3.63, 3.8) is 0 Å². The molecule has 0 saturated carbocycles. The molecule has 0 atom stereocenters. The number of ether oxygens (including phenoxy) is 1. The second-order valence-corrected chi connectivity index (χ2v) is 6.23. The summed E-state index contributed by atoms with van der Waals surface area (Å²) in [5, 5.41) is 0. The molecule has 0 unspecified atom stereocenters. The van der Waals surface area contributed by atoms with Crippen molar-refractivity contribution in [3.8, 4) is 0 Å². The lowest BCUT2D eigenvalue weighted by atomic mass is 9.87. The number of carbonyl (C=O) groups is 1. The smallest absolute Gasteiger partial charge is 0.331 e. The largest absolute Gasteiger partial charge is 0.463 e. The molecule has 0 amide bonds. The summed E-state index contributed by atoms with van der Waals surface area (Å²) in [5.74, 6) is -0.290. The van der Waals surface area contributed by atoms with Crippen LogP contribution in [0.1, 0.15) is 38.8 Å². The lowest BCUT2D eigenvalue weighted by Gasteiger charge is -2.19. The van der Waals surface area contributed by atoms with Crippen LogP contribution in [0.3, 0.4) is 0 Å². The number of halogens is 1. The molecule has 0 saturated heterocycles. The van der Waals surface area contributed by atoms with E-state index in [0.29, 0.717) is 6.61 Å². The third-order valence-electron chi connectivity index (χ3n) is 2.56. The molecule has 0 aliphatic heterocycles. The van der Waals surface area contributed by atoms with E-state index in [-0.39, 0.29) is 11.4 Å². The van der Waals surface area contributed by atoms with E-state index in [1.165, 1.54) is 11.6 Å². The van der Waals surface area contributed by atoms with Crippen LogP contribution < -0.4 is 0 Å². The quantitative estimate of drug-likeness (QED) is 0.457. The first kappa shape index (κ1) is 15.2. The van der Waals surface area contributed by atoms with Gasteiger partial charge >= 0.3 is 5.97 Å². The van der Waals surface area contributed by atoms with E-state index >= 15 is 0 Å². The van der Waals surface area contributed by atoms with Crippen molar-refractivity contribution in [2.75, 3.05) is 6.61 Å². The van der Waals surface area contributed by atoms with E-state index in [1.54, 1.807) is 6.92 Å². The second kappa shape index (κ2) is 6.36. The molecule has 0 aromatic heterocycles. The number of rotatable bonds is 3. The first-order valence-corrected chi connectivity index (χ1v) is 7.07. The predicted molar refractivity (Wildman–Crippen MR) is 83.8 cm³/mol. The molecule has 0 spiro atoms. The Hall–Kier alpha value is -0.840. The van der Waals surface area contributed by atoms with Crippen molar-refractivity contribution < 1.29 is 9.53 Å². The molecule has 0 aliphatic rings. The highest BCUT2D eigenvalue weighted by Crippen LogP contribution is 2.26. The van der Waals surface area contributed by atoms with E-state index < -0.39 is 0 Å². The van der Waals surface area contributed by atoms with E-state index in [0.717, 1.165) is 9.14 Å². The zero-order valence-corrected chi connectivity index (χ0v) is 13.4. The van der Waals surface area contributed by atoms with Gasteiger partial charge in [-0.05, 0) is 46.1 Å². The Bertz CT molecular complexity index is 439. The van der Waals surface area contributed by atoms with Gasteiger partial charge in [0.2, 0.25) is 0 Å². The number of benzene rings is 1. The van der Waals surface area contributed by atoms with Gasteiger partial charge < -0.3 is 4.74 Å². The van der Waals surface area contributed by atoms with Gasteiger partial charge in [0.05, 0.1) is 6.61 Å². The molecule has 18 heavy (non-hydrogen) atoms. The molecule has 0 radical (unpaired) electrons. The Kier molecular flexibility index (Phi) is 5.38. The molecule has 0 N–H and O–H groups in total. The van der Waals surface area contributed by atoms with Crippen LogP contribution in [0.5, 0.6) is 0 Å². The highest BCUT2D eigenvalue weighted by molar-refractivity contribution is 14.1. The summed E-state index contributed by atoms with van der Waals surface area (Å²) in [4.78, 5) is 11.3. The number of hydrogen-bond acceptors (Lipinski definition) is 2. The third-order valence-corrected chi connectivity index (χ3v) is 3.49. The summed E-state index contributed by atoms with van der Waals surface area (Å²) in [6, 6.07) is 8.29. The molecule has 0 heterocycles. The lowest BCUT2D eigenvalue weighted by molar-refractivity contribution is -0.137. The minimum atomic E-state index is -0.290. The Labute approximate surface area is 123 Å². The fraction of sp³-hybridized carbons (Fsp3) is 0.400. The normalized spacial score (nSPS) is 12.4. The molecule has 1 rings (SSSR count). The summed E-state index contributed by atoms with van der Waals surface area (Å²) in [6.45, 7) is 8.75. The maximum Gasteiger partial charge on any atom is 0.331 e. The summed E-state index contributed by atoms with van der Waals surface area (Å²) in [5.41, 5.74) is 2.47. The third kappa shape index (κ3) is 4.44. The van der Waals surface area contributed by atoms with Gasteiger partial charge in [-0.1, -0.05) is 45.0 Å². The lowest BCUT2D eigenvalue weighted by Crippen LogP contribution is -2.10. The molecule has 98 valence electrons. The van der Waals surface area contributed by atoms with Gasteiger partial charge in [0.15, 0.2) is 0 Å². The average molecular weight is 358 g/mol. The molecule has 0 fully saturated rings. The van der Waals surface area contributed by atoms with E-state index in [4.69, 9.17) is 4.74 Å². The van der Waals surface area contributed by atoms with Crippen LogP contribution in [0.25, 0.3) is 3.58 Å². The topological polar surface area (TPSA) is 26.3 Å². The zero-order valence-electron chi connectivity index (χ0n) is 11.3. The molecule has 1 aromatic rings. The van der Waals surface area contributed by atoms with Crippen molar-refractivity contribution in [2.45, 2.75) is 33.1 Å². The number of esters is 1.